The molecule has 0 unspecified atom stereocenters. The lowest BCUT2D eigenvalue weighted by molar-refractivity contribution is -0.123. The van der Waals surface area contributed by atoms with Crippen LogP contribution in [0.4, 0.5) is 4.79 Å². The van der Waals surface area contributed by atoms with E-state index in [0.29, 0.717) is 25.9 Å². The second-order valence-electron chi connectivity index (χ2n) is 5.70. The first-order chi connectivity index (χ1) is 10.5. The van der Waals surface area contributed by atoms with Crippen LogP contribution >= 0.6 is 0 Å². The van der Waals surface area contributed by atoms with Crippen LogP contribution in [-0.4, -0.2) is 36.7 Å². The quantitative estimate of drug-likeness (QED) is 0.828. The molecule has 120 valence electrons. The molecule has 1 heterocycles. The Labute approximate surface area is 130 Å². The van der Waals surface area contributed by atoms with Crippen LogP contribution in [0.1, 0.15) is 24.0 Å². The first-order valence-corrected chi connectivity index (χ1v) is 7.49. The van der Waals surface area contributed by atoms with Crippen molar-refractivity contribution in [2.24, 2.45) is 11.7 Å². The highest BCUT2D eigenvalue weighted by atomic mass is 16.5. The number of hydrogen-bond donors (Lipinski definition) is 2. The van der Waals surface area contributed by atoms with E-state index in [1.807, 2.05) is 32.0 Å². The molecule has 0 atom stereocenters. The van der Waals surface area contributed by atoms with Crippen LogP contribution in [0.5, 0.6) is 5.75 Å². The molecule has 1 saturated heterocycles. The van der Waals surface area contributed by atoms with E-state index in [9.17, 15) is 9.59 Å². The minimum absolute atomic E-state index is 0.115. The van der Waals surface area contributed by atoms with Crippen molar-refractivity contribution in [2.75, 3.05) is 19.8 Å². The number of benzene rings is 1. The van der Waals surface area contributed by atoms with E-state index in [1.165, 1.54) is 5.56 Å². The number of carbonyl (C=O) groups is 2. The molecule has 2 rings (SSSR count). The minimum atomic E-state index is -0.279. The van der Waals surface area contributed by atoms with E-state index in [4.69, 9.17) is 10.5 Å². The van der Waals surface area contributed by atoms with E-state index in [1.54, 1.807) is 4.90 Å². The number of hydrogen-bond acceptors (Lipinski definition) is 3. The van der Waals surface area contributed by atoms with Gasteiger partial charge in [0.15, 0.2) is 6.73 Å². The summed E-state index contributed by atoms with van der Waals surface area (Å²) in [6.45, 7) is 5.21. The number of nitrogens with zero attached hydrogens (tertiary/aromatic N) is 1. The van der Waals surface area contributed by atoms with E-state index in [-0.39, 0.29) is 24.6 Å². The molecule has 1 aromatic rings. The zero-order valence-corrected chi connectivity index (χ0v) is 13.1. The van der Waals surface area contributed by atoms with Gasteiger partial charge in [-0.3, -0.25) is 4.79 Å². The number of nitrogens with one attached hydrogen (secondary N) is 1. The van der Waals surface area contributed by atoms with Gasteiger partial charge in [-0.1, -0.05) is 17.7 Å². The molecular weight excluding hydrogens is 282 g/mol. The molecular formula is C16H23N3O3. The molecule has 0 aromatic heterocycles. The second kappa shape index (κ2) is 7.15. The second-order valence-corrected chi connectivity index (χ2v) is 5.70. The minimum Gasteiger partial charge on any atom is -0.473 e. The van der Waals surface area contributed by atoms with Crippen LogP contribution in [0.25, 0.3) is 0 Å². The number of carbonyl (C=O) groups excluding carboxylic acids is 2. The van der Waals surface area contributed by atoms with Gasteiger partial charge >= 0.3 is 6.03 Å². The highest BCUT2D eigenvalue weighted by Crippen LogP contribution is 2.19. The lowest BCUT2D eigenvalue weighted by Crippen LogP contribution is -2.47. The molecule has 22 heavy (non-hydrogen) atoms. The van der Waals surface area contributed by atoms with Crippen molar-refractivity contribution in [1.29, 1.82) is 0 Å². The molecule has 0 aliphatic carbocycles. The molecule has 0 radical (unpaired) electrons. The average Bonchev–Trinajstić information content (AvgIpc) is 2.49. The zero-order valence-electron chi connectivity index (χ0n) is 13.1. The Hall–Kier alpha value is -2.24. The predicted octanol–water partition coefficient (Wildman–Crippen LogP) is 1.55. The maximum Gasteiger partial charge on any atom is 0.320 e. The lowest BCUT2D eigenvalue weighted by Gasteiger charge is -2.30. The number of primary amides is 1. The standard InChI is InChI=1S/C16H23N3O3/c1-11-3-4-14(12(2)9-11)22-10-18-16(21)19-7-5-13(6-8-19)15(17)20/h3-4,9,13H,5-8,10H2,1-2H3,(H2,17,20)(H,18,21). The number of urea groups is 1. The maximum absolute atomic E-state index is 12.0. The number of rotatable bonds is 4. The summed E-state index contributed by atoms with van der Waals surface area (Å²) in [4.78, 5) is 24.8. The SMILES string of the molecule is Cc1ccc(OCNC(=O)N2CCC(C(N)=O)CC2)c(C)c1. The summed E-state index contributed by atoms with van der Waals surface area (Å²) in [5, 5.41) is 2.74. The Kier molecular flexibility index (Phi) is 5.25. The van der Waals surface area contributed by atoms with Gasteiger partial charge in [0.1, 0.15) is 5.75 Å². The van der Waals surface area contributed by atoms with Gasteiger partial charge < -0.3 is 20.7 Å². The third-order valence-electron chi connectivity index (χ3n) is 3.97. The van der Waals surface area contributed by atoms with Gasteiger partial charge in [0, 0.05) is 19.0 Å². The Morgan fingerprint density at radius 1 is 1.32 bits per heavy atom. The fraction of sp³-hybridized carbons (Fsp3) is 0.500. The van der Waals surface area contributed by atoms with Crippen LogP contribution in [0, 0.1) is 19.8 Å². The van der Waals surface area contributed by atoms with E-state index in [2.05, 4.69) is 5.32 Å². The van der Waals surface area contributed by atoms with Crippen molar-refractivity contribution in [3.05, 3.63) is 29.3 Å². The van der Waals surface area contributed by atoms with Crippen LogP contribution in [0.2, 0.25) is 0 Å². The molecule has 0 saturated carbocycles. The summed E-state index contributed by atoms with van der Waals surface area (Å²) >= 11 is 0. The van der Waals surface area contributed by atoms with E-state index in [0.717, 1.165) is 11.3 Å². The lowest BCUT2D eigenvalue weighted by atomic mass is 9.97. The summed E-state index contributed by atoms with van der Waals surface area (Å²) in [6, 6.07) is 5.73. The molecule has 3 N–H and O–H groups in total. The Bertz CT molecular complexity index is 552. The molecule has 1 aliphatic heterocycles. The molecule has 6 nitrogen and oxygen atoms in total. The van der Waals surface area contributed by atoms with Crippen molar-refractivity contribution in [3.8, 4) is 5.75 Å². The molecule has 0 spiro atoms. The van der Waals surface area contributed by atoms with Crippen molar-refractivity contribution >= 4 is 11.9 Å². The zero-order chi connectivity index (χ0) is 16.1. The molecule has 0 bridgehead atoms. The Morgan fingerprint density at radius 2 is 2.00 bits per heavy atom. The summed E-state index contributed by atoms with van der Waals surface area (Å²) in [5.41, 5.74) is 7.49. The van der Waals surface area contributed by atoms with Crippen LogP contribution < -0.4 is 15.8 Å². The molecule has 1 aromatic carbocycles. The maximum atomic E-state index is 12.0. The van der Waals surface area contributed by atoms with Gasteiger partial charge in [-0.05, 0) is 38.3 Å². The monoisotopic (exact) mass is 305 g/mol. The normalized spacial score (nSPS) is 15.5. The van der Waals surface area contributed by atoms with Gasteiger partial charge in [-0.15, -0.1) is 0 Å². The average molecular weight is 305 g/mol. The summed E-state index contributed by atoms with van der Waals surface area (Å²) < 4.78 is 5.58. The van der Waals surface area contributed by atoms with Crippen molar-refractivity contribution in [2.45, 2.75) is 26.7 Å². The fourth-order valence-corrected chi connectivity index (χ4v) is 2.62. The number of aryl methyl sites for hydroxylation is 2. The highest BCUT2D eigenvalue weighted by molar-refractivity contribution is 5.78. The summed E-state index contributed by atoms with van der Waals surface area (Å²) in [7, 11) is 0. The highest BCUT2D eigenvalue weighted by Gasteiger charge is 2.25. The molecule has 3 amide bonds. The smallest absolute Gasteiger partial charge is 0.320 e. The van der Waals surface area contributed by atoms with Crippen molar-refractivity contribution in [1.82, 2.24) is 10.2 Å². The third kappa shape index (κ3) is 4.13. The van der Waals surface area contributed by atoms with Gasteiger partial charge in [0.05, 0.1) is 0 Å². The van der Waals surface area contributed by atoms with Crippen molar-refractivity contribution < 1.29 is 14.3 Å². The first kappa shape index (κ1) is 16.1. The largest absolute Gasteiger partial charge is 0.473 e. The van der Waals surface area contributed by atoms with Crippen LogP contribution in [-0.2, 0) is 4.79 Å². The number of likely N-dealkylation sites (tertiary alicyclic amines) is 1. The van der Waals surface area contributed by atoms with E-state index >= 15 is 0 Å². The van der Waals surface area contributed by atoms with Crippen molar-refractivity contribution in [3.63, 3.8) is 0 Å². The molecule has 1 fully saturated rings. The number of nitrogens with two attached hydrogens (primary N) is 1. The molecule has 6 heteroatoms. The third-order valence-corrected chi connectivity index (χ3v) is 3.97. The Morgan fingerprint density at radius 3 is 2.59 bits per heavy atom. The number of ether oxygens (including phenoxy) is 1. The van der Waals surface area contributed by atoms with E-state index < -0.39 is 0 Å². The number of piperidine rings is 1. The summed E-state index contributed by atoms with van der Waals surface area (Å²) in [6.07, 6.45) is 1.25. The molecule has 1 aliphatic rings. The summed E-state index contributed by atoms with van der Waals surface area (Å²) in [5.74, 6) is 0.368. The van der Waals surface area contributed by atoms with Gasteiger partial charge in [-0.2, -0.15) is 0 Å². The van der Waals surface area contributed by atoms with Gasteiger partial charge in [0.2, 0.25) is 5.91 Å². The predicted molar refractivity (Wildman–Crippen MR) is 83.4 cm³/mol. The van der Waals surface area contributed by atoms with Crippen LogP contribution in [0.15, 0.2) is 18.2 Å². The first-order valence-electron chi connectivity index (χ1n) is 7.49. The Balaban J connectivity index is 1.75. The van der Waals surface area contributed by atoms with Crippen LogP contribution in [0.3, 0.4) is 0 Å². The van der Waals surface area contributed by atoms with Gasteiger partial charge in [-0.25, -0.2) is 4.79 Å². The number of amides is 3. The topological polar surface area (TPSA) is 84.7 Å². The fourth-order valence-electron chi connectivity index (χ4n) is 2.62. The van der Waals surface area contributed by atoms with Gasteiger partial charge in [0.25, 0.3) is 0 Å².